The highest BCUT2D eigenvalue weighted by atomic mass is 32.9. The Balaban J connectivity index is 6.87. The SMILES string of the molecule is NP(P(P)PP)[Si](O[Si](P(P)P)(P(P)PP)P(N)P(P)PP)(P(P)P)P(P)PP. The highest BCUT2D eigenvalue weighted by molar-refractivity contribution is 9.02. The molecule has 3 nitrogen and oxygen atoms in total. The number of nitrogens with two attached hydrogens (primary N) is 2. The molecule has 0 rings (SSSR count). The summed E-state index contributed by atoms with van der Waals surface area (Å²) in [4.78, 5) is 0. The molecule has 0 saturated carbocycles. The fourth-order valence-electron chi connectivity index (χ4n) is 1.76. The van der Waals surface area contributed by atoms with Crippen molar-refractivity contribution in [2.45, 2.75) is 0 Å². The molecule has 0 spiro atoms. The molecule has 0 heterocycles. The van der Waals surface area contributed by atoms with E-state index in [1.807, 2.05) is 0 Å². The van der Waals surface area contributed by atoms with Crippen molar-refractivity contribution in [2.24, 2.45) is 11.0 Å². The zero-order chi connectivity index (χ0) is 23.2. The van der Waals surface area contributed by atoms with Crippen LogP contribution >= 0.6 is 195 Å². The second-order valence-electron chi connectivity index (χ2n) is 4.70. The first-order valence-electron chi connectivity index (χ1n) is 6.78. The van der Waals surface area contributed by atoms with Crippen LogP contribution in [-0.2, 0) is 4.12 Å². The fraction of sp³-hybridized carbons (Fsp3) is 0. The summed E-state index contributed by atoms with van der Waals surface area (Å²) in [6.45, 7) is -2.02. The summed E-state index contributed by atoms with van der Waals surface area (Å²) in [7, 11) is 34.8. The standard InChI is InChI=1S/H32N2OP24Si2/c1-20(24(12)16-4)28(22(8)9,26(14)18-6)3-29(23(10)11,27(15)19-7)21(2)25(13)17-5/h16-19H,1-2,4-15H2. The summed E-state index contributed by atoms with van der Waals surface area (Å²) in [6.07, 6.45) is 0. The molecular formula is H32N2OP24Si2. The summed E-state index contributed by atoms with van der Waals surface area (Å²) in [5.74, 6) is 0. The van der Waals surface area contributed by atoms with Gasteiger partial charge >= 0.3 is 0 Å². The minimum absolute atomic E-state index is 0.280. The Hall–Kier alpha value is 10.6. The smallest absolute Gasteiger partial charge is 0.295 e. The summed E-state index contributed by atoms with van der Waals surface area (Å²) in [5.41, 5.74) is 14.4. The van der Waals surface area contributed by atoms with E-state index in [0.29, 0.717) is 0 Å². The van der Waals surface area contributed by atoms with Gasteiger partial charge in [-0.05, 0) is 41.4 Å². The van der Waals surface area contributed by atoms with Gasteiger partial charge in [0.1, 0.15) is 0 Å². The Kier molecular flexibility index (Phi) is 28.0. The van der Waals surface area contributed by atoms with E-state index in [-0.39, 0.29) is 27.7 Å². The zero-order valence-electron chi connectivity index (χ0n) is 15.1. The Morgan fingerprint density at radius 1 is 0.552 bits per heavy atom. The molecule has 0 aliphatic rings. The van der Waals surface area contributed by atoms with E-state index in [9.17, 15) is 0 Å². The maximum atomic E-state index is 7.88. The van der Waals surface area contributed by atoms with Crippen LogP contribution in [0.2, 0.25) is 0 Å². The van der Waals surface area contributed by atoms with Gasteiger partial charge in [0.15, 0.2) is 0 Å². The molecule has 0 amide bonds. The number of hydrogen-bond acceptors (Lipinski definition) is 3. The predicted molar refractivity (Wildman–Crippen MR) is 226 cm³/mol. The average molecular weight is 876 g/mol. The molecule has 0 aliphatic carbocycles. The van der Waals surface area contributed by atoms with Gasteiger partial charge in [-0.3, -0.25) is 0 Å². The molecule has 0 fully saturated rings. The lowest BCUT2D eigenvalue weighted by molar-refractivity contribution is 0.649. The molecular weight excluding hydrogens is 844 g/mol. The van der Waals surface area contributed by atoms with Gasteiger partial charge in [-0.2, -0.15) is 0 Å². The van der Waals surface area contributed by atoms with Crippen molar-refractivity contribution < 1.29 is 4.12 Å². The molecule has 0 aliphatic heterocycles. The molecule has 0 aromatic rings. The van der Waals surface area contributed by atoms with Crippen molar-refractivity contribution in [1.29, 1.82) is 0 Å². The largest absolute Gasteiger partial charge is 0.432 e. The van der Waals surface area contributed by atoms with Gasteiger partial charge in [0.25, 0.3) is 14.6 Å². The molecule has 24 atom stereocenters. The zero-order valence-corrected chi connectivity index (χ0v) is 42.1. The van der Waals surface area contributed by atoms with E-state index in [1.54, 1.807) is 0 Å². The van der Waals surface area contributed by atoms with Crippen LogP contribution in [0.4, 0.5) is 0 Å². The van der Waals surface area contributed by atoms with Crippen LogP contribution in [-0.4, -0.2) is 14.6 Å². The van der Waals surface area contributed by atoms with E-state index in [4.69, 9.17) is 15.1 Å². The summed E-state index contributed by atoms with van der Waals surface area (Å²) >= 11 is 0. The molecule has 0 aromatic carbocycles. The maximum Gasteiger partial charge on any atom is 0.295 e. The van der Waals surface area contributed by atoms with Gasteiger partial charge in [-0.1, -0.05) is 31.8 Å². The van der Waals surface area contributed by atoms with Gasteiger partial charge < -0.3 is 15.1 Å². The second kappa shape index (κ2) is 20.5. The third-order valence-electron chi connectivity index (χ3n) is 3.18. The van der Waals surface area contributed by atoms with Crippen molar-refractivity contribution in [3.8, 4) is 0 Å². The Morgan fingerprint density at radius 3 is 1.00 bits per heavy atom. The first-order chi connectivity index (χ1) is 13.3. The van der Waals surface area contributed by atoms with Gasteiger partial charge in [0, 0.05) is 14.6 Å². The van der Waals surface area contributed by atoms with Crippen LogP contribution in [0.25, 0.3) is 0 Å². The molecule has 176 valence electrons. The molecule has 29 heteroatoms. The lowest BCUT2D eigenvalue weighted by atomic mass is 13.9. The van der Waals surface area contributed by atoms with Crippen molar-refractivity contribution in [1.82, 2.24) is 0 Å². The fourth-order valence-corrected chi connectivity index (χ4v) is 272. The topological polar surface area (TPSA) is 61.3 Å². The van der Waals surface area contributed by atoms with Crippen LogP contribution in [0.1, 0.15) is 0 Å². The predicted octanol–water partition coefficient (Wildman–Crippen LogP) is 11.2. The monoisotopic (exact) mass is 876 g/mol. The van der Waals surface area contributed by atoms with E-state index in [1.165, 1.54) is 0 Å². The van der Waals surface area contributed by atoms with Crippen molar-refractivity contribution in [3.05, 3.63) is 0 Å². The third-order valence-corrected chi connectivity index (χ3v) is 183. The second-order valence-corrected chi connectivity index (χ2v) is 106. The maximum absolute atomic E-state index is 7.88. The van der Waals surface area contributed by atoms with Gasteiger partial charge in [0.05, 0.1) is 0 Å². The van der Waals surface area contributed by atoms with E-state index in [0.717, 1.165) is 31.8 Å². The van der Waals surface area contributed by atoms with Crippen LogP contribution in [0.3, 0.4) is 0 Å². The first-order valence-corrected chi connectivity index (χ1v) is 55.5. The minimum atomic E-state index is -2.23. The molecule has 0 saturated heterocycles. The molecule has 24 unspecified atom stereocenters. The Labute approximate surface area is 222 Å². The first kappa shape index (κ1) is 39.6. The molecule has 4 N–H and O–H groups in total. The Morgan fingerprint density at radius 2 is 0.828 bits per heavy atom. The van der Waals surface area contributed by atoms with Crippen molar-refractivity contribution >= 4 is 210 Å². The van der Waals surface area contributed by atoms with Gasteiger partial charge in [-0.25, -0.2) is 0 Å². The molecule has 0 radical (unpaired) electrons. The quantitative estimate of drug-likeness (QED) is 0.135. The van der Waals surface area contributed by atoms with E-state index in [2.05, 4.69) is 107 Å². The van der Waals surface area contributed by atoms with Gasteiger partial charge in [-0.15, -0.1) is 107 Å². The Bertz CT molecular complexity index is 422. The van der Waals surface area contributed by atoms with Crippen LogP contribution in [0.15, 0.2) is 0 Å². The van der Waals surface area contributed by atoms with E-state index >= 15 is 0 Å². The highest BCUT2D eigenvalue weighted by Crippen LogP contribution is 3.03. The number of rotatable bonds is 14. The van der Waals surface area contributed by atoms with Crippen LogP contribution < -0.4 is 11.0 Å². The lowest BCUT2D eigenvalue weighted by Gasteiger charge is -2.54. The van der Waals surface area contributed by atoms with Crippen LogP contribution in [0, 0.1) is 0 Å². The summed E-state index contributed by atoms with van der Waals surface area (Å²) < 4.78 is 7.88. The highest BCUT2D eigenvalue weighted by Gasteiger charge is 2.62. The number of hydrogen-bond donors (Lipinski definition) is 2. The minimum Gasteiger partial charge on any atom is -0.432 e. The van der Waals surface area contributed by atoms with E-state index < -0.39 is 43.0 Å². The summed E-state index contributed by atoms with van der Waals surface area (Å²) in [6, 6.07) is 0. The molecule has 29 heavy (non-hydrogen) atoms. The van der Waals surface area contributed by atoms with Crippen LogP contribution in [0.5, 0.6) is 0 Å². The lowest BCUT2D eigenvalue weighted by Crippen LogP contribution is -2.43. The third kappa shape index (κ3) is 11.0. The summed E-state index contributed by atoms with van der Waals surface area (Å²) in [5, 5.41) is 0. The average Bonchev–Trinajstić information content (AvgIpc) is 2.70. The van der Waals surface area contributed by atoms with Crippen molar-refractivity contribution in [3.63, 3.8) is 0 Å². The molecule has 0 bridgehead atoms. The van der Waals surface area contributed by atoms with Crippen molar-refractivity contribution in [2.75, 3.05) is 0 Å². The van der Waals surface area contributed by atoms with Gasteiger partial charge in [0.2, 0.25) is 0 Å². The molecule has 0 aromatic heterocycles. The normalized spacial score (nSPS) is 24.8.